The van der Waals surface area contributed by atoms with Gasteiger partial charge in [-0.15, -0.1) is 0 Å². The van der Waals surface area contributed by atoms with E-state index < -0.39 is 6.04 Å². The molecule has 1 N–H and O–H groups in total. The van der Waals surface area contributed by atoms with E-state index in [1.54, 1.807) is 65.8 Å². The summed E-state index contributed by atoms with van der Waals surface area (Å²) in [5, 5.41) is 12.0. The summed E-state index contributed by atoms with van der Waals surface area (Å²) in [5.74, 6) is 6.09. The fourth-order valence-corrected chi connectivity index (χ4v) is 4.75. The Bertz CT molecular complexity index is 2030. The number of rotatable bonds is 4. The molecule has 0 aliphatic carbocycles. The number of amides is 1. The van der Waals surface area contributed by atoms with Crippen LogP contribution in [0.4, 0.5) is 0 Å². The monoisotopic (exact) mass is 528 g/mol. The van der Waals surface area contributed by atoms with Crippen molar-refractivity contribution < 1.29 is 9.21 Å². The first kappa shape index (κ1) is 24.8. The van der Waals surface area contributed by atoms with Gasteiger partial charge in [0.15, 0.2) is 5.65 Å². The maximum atomic E-state index is 14.2. The highest BCUT2D eigenvalue weighted by Crippen LogP contribution is 2.30. The number of nitrogens with one attached hydrogen (secondary N) is 1. The molecule has 0 bridgehead atoms. The Morgan fingerprint density at radius 3 is 2.60 bits per heavy atom. The van der Waals surface area contributed by atoms with Gasteiger partial charge in [-0.05, 0) is 49.6 Å². The molecular formula is C31H24N6O3. The number of hydrogen-bond donors (Lipinski definition) is 1. The Morgan fingerprint density at radius 1 is 1.00 bits per heavy atom. The van der Waals surface area contributed by atoms with E-state index >= 15 is 0 Å². The Balaban J connectivity index is 1.48. The van der Waals surface area contributed by atoms with Gasteiger partial charge in [-0.25, -0.2) is 9.50 Å². The summed E-state index contributed by atoms with van der Waals surface area (Å²) in [6.07, 6.45) is 5.15. The molecule has 1 amide bonds. The molecule has 40 heavy (non-hydrogen) atoms. The molecule has 0 saturated carbocycles. The van der Waals surface area contributed by atoms with Crippen LogP contribution in [0, 0.1) is 18.8 Å². The van der Waals surface area contributed by atoms with Crippen molar-refractivity contribution in [2.24, 2.45) is 7.05 Å². The van der Waals surface area contributed by atoms with E-state index in [0.717, 1.165) is 0 Å². The molecule has 0 fully saturated rings. The zero-order chi connectivity index (χ0) is 27.8. The maximum Gasteiger partial charge on any atom is 0.257 e. The Hall–Kier alpha value is -5.49. The number of aromatic nitrogens is 5. The fraction of sp³-hybridized carbons (Fsp3) is 0.129. The number of benzene rings is 2. The molecule has 9 heteroatoms. The lowest BCUT2D eigenvalue weighted by Gasteiger charge is -2.18. The molecule has 0 aliphatic heterocycles. The second kappa shape index (κ2) is 10.0. The topological polar surface area (TPSA) is 107 Å². The third-order valence-corrected chi connectivity index (χ3v) is 6.59. The van der Waals surface area contributed by atoms with Crippen molar-refractivity contribution in [1.82, 2.24) is 29.7 Å². The van der Waals surface area contributed by atoms with Crippen molar-refractivity contribution in [2.45, 2.75) is 19.9 Å². The van der Waals surface area contributed by atoms with Gasteiger partial charge in [0.05, 0.1) is 22.7 Å². The Labute approximate surface area is 229 Å². The zero-order valence-corrected chi connectivity index (χ0v) is 22.0. The highest BCUT2D eigenvalue weighted by atomic mass is 16.3. The lowest BCUT2D eigenvalue weighted by molar-refractivity contribution is 0.0936. The van der Waals surface area contributed by atoms with Crippen molar-refractivity contribution in [3.8, 4) is 23.0 Å². The number of aryl methyl sites for hydroxylation is 2. The second-order valence-corrected chi connectivity index (χ2v) is 9.38. The van der Waals surface area contributed by atoms with Crippen LogP contribution in [0.2, 0.25) is 0 Å². The predicted octanol–water partition coefficient (Wildman–Crippen LogP) is 4.44. The van der Waals surface area contributed by atoms with Gasteiger partial charge < -0.3 is 9.73 Å². The number of nitrogens with zero attached hydrogens (tertiary/aromatic N) is 5. The van der Waals surface area contributed by atoms with Crippen LogP contribution in [0.1, 0.15) is 46.0 Å². The van der Waals surface area contributed by atoms with Crippen LogP contribution >= 0.6 is 0 Å². The summed E-state index contributed by atoms with van der Waals surface area (Å²) in [5.41, 5.74) is 3.67. The molecule has 0 spiro atoms. The van der Waals surface area contributed by atoms with Crippen LogP contribution in [-0.2, 0) is 7.05 Å². The summed E-state index contributed by atoms with van der Waals surface area (Å²) in [7, 11) is 1.82. The molecule has 0 saturated heterocycles. The highest BCUT2D eigenvalue weighted by Gasteiger charge is 2.26. The summed E-state index contributed by atoms with van der Waals surface area (Å²) >= 11 is 0. The van der Waals surface area contributed by atoms with E-state index in [1.165, 1.54) is 0 Å². The first-order valence-corrected chi connectivity index (χ1v) is 12.7. The minimum atomic E-state index is -0.652. The third-order valence-electron chi connectivity index (χ3n) is 6.59. The highest BCUT2D eigenvalue weighted by molar-refractivity contribution is 6.01. The molecule has 6 aromatic rings. The first-order chi connectivity index (χ1) is 19.4. The lowest BCUT2D eigenvalue weighted by Crippen LogP contribution is -2.28. The van der Waals surface area contributed by atoms with Gasteiger partial charge in [-0.1, -0.05) is 42.3 Å². The van der Waals surface area contributed by atoms with E-state index in [9.17, 15) is 9.59 Å². The molecule has 6 rings (SSSR count). The van der Waals surface area contributed by atoms with E-state index in [1.807, 2.05) is 43.6 Å². The normalized spacial score (nSPS) is 11.8. The fourth-order valence-electron chi connectivity index (χ4n) is 4.75. The Kier molecular flexibility index (Phi) is 6.21. The third kappa shape index (κ3) is 4.41. The van der Waals surface area contributed by atoms with Crippen LogP contribution < -0.4 is 10.7 Å². The van der Waals surface area contributed by atoms with E-state index in [0.29, 0.717) is 56.0 Å². The minimum Gasteiger partial charge on any atom is -0.458 e. The van der Waals surface area contributed by atoms with Gasteiger partial charge >= 0.3 is 0 Å². The molecule has 196 valence electrons. The van der Waals surface area contributed by atoms with E-state index in [4.69, 9.17) is 4.42 Å². The second-order valence-electron chi connectivity index (χ2n) is 9.38. The Morgan fingerprint density at radius 2 is 1.82 bits per heavy atom. The molecule has 1 atom stereocenters. The van der Waals surface area contributed by atoms with Crippen LogP contribution in [0.15, 0.2) is 88.5 Å². The molecule has 0 unspecified atom stereocenters. The summed E-state index contributed by atoms with van der Waals surface area (Å²) < 4.78 is 9.62. The SMILES string of the molecule is Cc1nn2cccnc2c1C(=O)N[C@@H](C)c1oc2cccc(C#Cc3ccn(C)n3)c2c(=O)c1-c1ccccc1. The zero-order valence-electron chi connectivity index (χ0n) is 22.0. The first-order valence-electron chi connectivity index (χ1n) is 12.7. The van der Waals surface area contributed by atoms with Crippen LogP contribution in [0.5, 0.6) is 0 Å². The molecule has 0 aliphatic rings. The number of hydrogen-bond acceptors (Lipinski definition) is 6. The van der Waals surface area contributed by atoms with Gasteiger partial charge in [0, 0.05) is 31.2 Å². The van der Waals surface area contributed by atoms with Crippen molar-refractivity contribution in [2.75, 3.05) is 0 Å². The predicted molar refractivity (Wildman–Crippen MR) is 151 cm³/mol. The van der Waals surface area contributed by atoms with Crippen molar-refractivity contribution in [3.05, 3.63) is 118 Å². The van der Waals surface area contributed by atoms with Gasteiger partial charge in [0.1, 0.15) is 22.6 Å². The number of carbonyl (C=O) groups is 1. The van der Waals surface area contributed by atoms with Crippen LogP contribution in [0.3, 0.4) is 0 Å². The van der Waals surface area contributed by atoms with Gasteiger partial charge in [0.2, 0.25) is 5.43 Å². The summed E-state index contributed by atoms with van der Waals surface area (Å²) in [6.45, 7) is 3.54. The average molecular weight is 529 g/mol. The lowest BCUT2D eigenvalue weighted by atomic mass is 9.97. The quantitative estimate of drug-likeness (QED) is 0.339. The largest absolute Gasteiger partial charge is 0.458 e. The van der Waals surface area contributed by atoms with Gasteiger partial charge in [-0.2, -0.15) is 10.2 Å². The smallest absolute Gasteiger partial charge is 0.257 e. The van der Waals surface area contributed by atoms with Crippen LogP contribution in [-0.4, -0.2) is 30.3 Å². The molecule has 2 aromatic carbocycles. The molecule has 0 radical (unpaired) electrons. The van der Waals surface area contributed by atoms with Gasteiger partial charge in [-0.3, -0.25) is 14.3 Å². The van der Waals surface area contributed by atoms with E-state index in [2.05, 4.69) is 32.3 Å². The van der Waals surface area contributed by atoms with Crippen molar-refractivity contribution in [3.63, 3.8) is 0 Å². The molecule has 4 aromatic heterocycles. The van der Waals surface area contributed by atoms with Crippen molar-refractivity contribution in [1.29, 1.82) is 0 Å². The summed E-state index contributed by atoms with van der Waals surface area (Å²) in [6, 6.07) is 17.5. The molecule has 4 heterocycles. The molecular weight excluding hydrogens is 504 g/mol. The van der Waals surface area contributed by atoms with E-state index in [-0.39, 0.29) is 11.3 Å². The average Bonchev–Trinajstić information content (AvgIpc) is 3.53. The number of fused-ring (bicyclic) bond motifs is 2. The maximum absolute atomic E-state index is 14.2. The van der Waals surface area contributed by atoms with Crippen LogP contribution in [0.25, 0.3) is 27.7 Å². The van der Waals surface area contributed by atoms with Gasteiger partial charge in [0.25, 0.3) is 5.91 Å². The minimum absolute atomic E-state index is 0.233. The standard InChI is InChI=1S/C31H24N6O3/c1-19-25(30-32-16-8-17-37(30)34-19)31(39)33-20(2)29-27(21-9-5-4-6-10-21)28(38)26-22(11-7-12-24(26)40-29)13-14-23-15-18-36(3)35-23/h4-12,15-18,20H,1-3H3,(H,33,39)/t20-/m0/s1. The molecule has 9 nitrogen and oxygen atoms in total. The number of carbonyl (C=O) groups excluding carboxylic acids is 1. The summed E-state index contributed by atoms with van der Waals surface area (Å²) in [4.78, 5) is 31.9. The van der Waals surface area contributed by atoms with Crippen molar-refractivity contribution >= 4 is 22.5 Å².